The number of carbonyl (C=O) groups excluding carboxylic acids is 1. The number of hydroxylamine groups is 2. The maximum atomic E-state index is 13.2. The molecule has 0 bridgehead atoms. The highest BCUT2D eigenvalue weighted by atomic mass is 32.2. The molecule has 0 N–H and O–H groups in total. The second-order valence-electron chi connectivity index (χ2n) is 6.95. The molecule has 3 rings (SSSR count). The van der Waals surface area contributed by atoms with Crippen LogP contribution in [0.1, 0.15) is 12.5 Å². The van der Waals surface area contributed by atoms with E-state index in [4.69, 9.17) is 9.57 Å². The maximum Gasteiger partial charge on any atom is 0.221 e. The maximum absolute atomic E-state index is 13.2. The van der Waals surface area contributed by atoms with Crippen LogP contribution in [0.25, 0.3) is 6.08 Å². The monoisotopic (exact) mass is 409 g/mol. The van der Waals surface area contributed by atoms with E-state index in [1.54, 1.807) is 24.1 Å². The van der Waals surface area contributed by atoms with E-state index >= 15 is 0 Å². The molecule has 0 radical (unpaired) electrons. The van der Waals surface area contributed by atoms with E-state index in [-0.39, 0.29) is 12.5 Å². The number of benzene rings is 1. The summed E-state index contributed by atoms with van der Waals surface area (Å²) in [6, 6.07) is 7.15. The zero-order valence-electron chi connectivity index (χ0n) is 16.4. The lowest BCUT2D eigenvalue weighted by molar-refractivity contribution is -0.129. The van der Waals surface area contributed by atoms with Crippen molar-refractivity contribution in [2.24, 2.45) is 0 Å². The lowest BCUT2D eigenvalue weighted by atomic mass is 10.1. The van der Waals surface area contributed by atoms with Crippen LogP contribution in [-0.2, 0) is 19.7 Å². The first-order chi connectivity index (χ1) is 13.3. The van der Waals surface area contributed by atoms with Crippen molar-refractivity contribution in [1.82, 2.24) is 14.3 Å². The standard InChI is InChI=1S/C19H27N3O5S/c1-15(23)21-10-12-22(13-11-21)28(24,25)19-14-27-20(2)18(19)9-6-16-4-7-17(26-3)8-5-16/h4-9,18-19H,10-14H2,1-3H3/b9-6+. The number of rotatable bonds is 5. The van der Waals surface area contributed by atoms with Crippen LogP contribution in [0.3, 0.4) is 0 Å². The summed E-state index contributed by atoms with van der Waals surface area (Å²) < 4.78 is 33.0. The molecule has 2 aliphatic heterocycles. The number of sulfonamides is 1. The quantitative estimate of drug-likeness (QED) is 0.716. The van der Waals surface area contributed by atoms with E-state index in [9.17, 15) is 13.2 Å². The fourth-order valence-corrected chi connectivity index (χ4v) is 5.39. The van der Waals surface area contributed by atoms with E-state index in [2.05, 4.69) is 0 Å². The molecule has 2 fully saturated rings. The van der Waals surface area contributed by atoms with Crippen LogP contribution >= 0.6 is 0 Å². The Bertz CT molecular complexity index is 816. The second kappa shape index (κ2) is 8.60. The lowest BCUT2D eigenvalue weighted by Gasteiger charge is -2.35. The van der Waals surface area contributed by atoms with Crippen molar-refractivity contribution in [3.05, 3.63) is 35.9 Å². The van der Waals surface area contributed by atoms with Gasteiger partial charge in [-0.25, -0.2) is 8.42 Å². The van der Waals surface area contributed by atoms with Gasteiger partial charge in [0.05, 0.1) is 19.8 Å². The molecule has 8 nitrogen and oxygen atoms in total. The van der Waals surface area contributed by atoms with Gasteiger partial charge in [0.15, 0.2) is 0 Å². The van der Waals surface area contributed by atoms with Crippen molar-refractivity contribution in [3.63, 3.8) is 0 Å². The molecule has 0 aromatic heterocycles. The second-order valence-corrected chi connectivity index (χ2v) is 9.11. The van der Waals surface area contributed by atoms with Gasteiger partial charge in [-0.05, 0) is 17.7 Å². The Morgan fingerprint density at radius 3 is 2.39 bits per heavy atom. The Balaban J connectivity index is 1.72. The van der Waals surface area contributed by atoms with E-state index in [0.717, 1.165) is 11.3 Å². The molecule has 2 saturated heterocycles. The summed E-state index contributed by atoms with van der Waals surface area (Å²) in [5, 5.41) is 0.907. The van der Waals surface area contributed by atoms with Crippen LogP contribution in [0, 0.1) is 0 Å². The Morgan fingerprint density at radius 2 is 1.82 bits per heavy atom. The number of hydrogen-bond donors (Lipinski definition) is 0. The number of nitrogens with zero attached hydrogens (tertiary/aromatic N) is 3. The average molecular weight is 410 g/mol. The number of carbonyl (C=O) groups is 1. The first kappa shape index (κ1) is 20.8. The molecule has 1 amide bonds. The van der Waals surface area contributed by atoms with Crippen LogP contribution in [0.5, 0.6) is 5.75 Å². The molecule has 2 unspecified atom stereocenters. The summed E-state index contributed by atoms with van der Waals surface area (Å²) in [7, 11) is -0.196. The highest BCUT2D eigenvalue weighted by molar-refractivity contribution is 7.89. The molecular weight excluding hydrogens is 382 g/mol. The topological polar surface area (TPSA) is 79.4 Å². The Hall–Kier alpha value is -1.94. The summed E-state index contributed by atoms with van der Waals surface area (Å²) in [4.78, 5) is 18.7. The van der Waals surface area contributed by atoms with Gasteiger partial charge in [0.1, 0.15) is 11.0 Å². The predicted octanol–water partition coefficient (Wildman–Crippen LogP) is 0.817. The Morgan fingerprint density at radius 1 is 1.18 bits per heavy atom. The van der Waals surface area contributed by atoms with E-state index < -0.39 is 21.3 Å². The smallest absolute Gasteiger partial charge is 0.221 e. The van der Waals surface area contributed by atoms with Crippen molar-refractivity contribution in [2.45, 2.75) is 18.2 Å². The van der Waals surface area contributed by atoms with Crippen molar-refractivity contribution in [2.75, 3.05) is 46.9 Å². The van der Waals surface area contributed by atoms with Gasteiger partial charge in [0, 0.05) is 40.2 Å². The number of piperazine rings is 1. The molecule has 0 aliphatic carbocycles. The van der Waals surface area contributed by atoms with Gasteiger partial charge in [-0.15, -0.1) is 0 Å². The van der Waals surface area contributed by atoms with Gasteiger partial charge >= 0.3 is 0 Å². The molecule has 2 heterocycles. The summed E-state index contributed by atoms with van der Waals surface area (Å²) in [6.45, 7) is 3.09. The van der Waals surface area contributed by atoms with Crippen LogP contribution in [-0.4, -0.2) is 86.8 Å². The van der Waals surface area contributed by atoms with Gasteiger partial charge in [-0.2, -0.15) is 9.37 Å². The number of amides is 1. The largest absolute Gasteiger partial charge is 0.497 e. The minimum atomic E-state index is -3.55. The number of hydrogen-bond acceptors (Lipinski definition) is 6. The molecule has 0 spiro atoms. The summed E-state index contributed by atoms with van der Waals surface area (Å²) in [5.41, 5.74) is 0.951. The fourth-order valence-electron chi connectivity index (χ4n) is 3.49. The molecule has 9 heteroatoms. The summed E-state index contributed by atoms with van der Waals surface area (Å²) in [5.74, 6) is 0.741. The van der Waals surface area contributed by atoms with Gasteiger partial charge in [0.25, 0.3) is 0 Å². The SMILES string of the molecule is COc1ccc(/C=C/C2C(S(=O)(=O)N3CCN(C(C)=O)CC3)CON2C)cc1. The summed E-state index contributed by atoms with van der Waals surface area (Å²) in [6.07, 6.45) is 3.76. The minimum absolute atomic E-state index is 0.0266. The Kier molecular flexibility index (Phi) is 6.39. The molecule has 1 aromatic carbocycles. The number of likely N-dealkylation sites (N-methyl/N-ethyl adjacent to an activating group) is 1. The molecule has 2 atom stereocenters. The highest BCUT2D eigenvalue weighted by Gasteiger charge is 2.44. The first-order valence-electron chi connectivity index (χ1n) is 9.25. The van der Waals surface area contributed by atoms with E-state index in [0.29, 0.717) is 26.2 Å². The van der Waals surface area contributed by atoms with E-state index in [1.165, 1.54) is 11.2 Å². The van der Waals surface area contributed by atoms with Crippen molar-refractivity contribution in [3.8, 4) is 5.75 Å². The molecular formula is C19H27N3O5S. The van der Waals surface area contributed by atoms with Crippen LogP contribution in [0.15, 0.2) is 30.3 Å². The first-order valence-corrected chi connectivity index (χ1v) is 10.8. The van der Waals surface area contributed by atoms with Gasteiger partial charge < -0.3 is 9.64 Å². The molecule has 0 saturated carbocycles. The van der Waals surface area contributed by atoms with Crippen molar-refractivity contribution in [1.29, 1.82) is 0 Å². The van der Waals surface area contributed by atoms with Crippen molar-refractivity contribution < 1.29 is 22.8 Å². The third kappa shape index (κ3) is 4.38. The molecule has 28 heavy (non-hydrogen) atoms. The van der Waals surface area contributed by atoms with Crippen LogP contribution in [0.2, 0.25) is 0 Å². The highest BCUT2D eigenvalue weighted by Crippen LogP contribution is 2.26. The van der Waals surface area contributed by atoms with Crippen molar-refractivity contribution >= 4 is 22.0 Å². The Labute approximate surface area is 166 Å². The zero-order valence-corrected chi connectivity index (χ0v) is 17.3. The van der Waals surface area contributed by atoms with Crippen LogP contribution in [0.4, 0.5) is 0 Å². The molecule has 154 valence electrons. The number of methoxy groups -OCH3 is 1. The summed E-state index contributed by atoms with van der Waals surface area (Å²) >= 11 is 0. The molecule has 2 aliphatic rings. The third-order valence-corrected chi connectivity index (χ3v) is 7.54. The van der Waals surface area contributed by atoms with Gasteiger partial charge in [-0.3, -0.25) is 9.63 Å². The third-order valence-electron chi connectivity index (χ3n) is 5.27. The zero-order chi connectivity index (χ0) is 20.3. The normalized spacial score (nSPS) is 24.8. The number of ether oxygens (including phenoxy) is 1. The van der Waals surface area contributed by atoms with Gasteiger partial charge in [0.2, 0.25) is 15.9 Å². The predicted molar refractivity (Wildman–Crippen MR) is 106 cm³/mol. The van der Waals surface area contributed by atoms with E-state index in [1.807, 2.05) is 36.4 Å². The minimum Gasteiger partial charge on any atom is -0.497 e. The van der Waals surface area contributed by atoms with Crippen LogP contribution < -0.4 is 4.74 Å². The average Bonchev–Trinajstić information content (AvgIpc) is 3.08. The lowest BCUT2D eigenvalue weighted by Crippen LogP contribution is -2.54. The van der Waals surface area contributed by atoms with Gasteiger partial charge in [-0.1, -0.05) is 24.3 Å². The fraction of sp³-hybridized carbons (Fsp3) is 0.526. The molecule has 1 aromatic rings.